The Morgan fingerprint density at radius 2 is 1.85 bits per heavy atom. The molecular weight excluding hydrogens is 354 g/mol. The third kappa shape index (κ3) is 4.90. The third-order valence-corrected chi connectivity index (χ3v) is 5.28. The lowest BCUT2D eigenvalue weighted by molar-refractivity contribution is -0.121. The molecule has 2 rings (SSSR count). The largest absolute Gasteiger partial charge is 0.493 e. The number of benzene rings is 1. The summed E-state index contributed by atoms with van der Waals surface area (Å²) in [6, 6.07) is 5.36. The minimum absolute atomic E-state index is 0.144. The van der Waals surface area contributed by atoms with E-state index in [1.807, 2.05) is 0 Å². The van der Waals surface area contributed by atoms with Crippen LogP contribution in [0, 0.1) is 17.2 Å². The van der Waals surface area contributed by atoms with Gasteiger partial charge in [0, 0.05) is 43.1 Å². The molecule has 1 heterocycles. The Hall–Kier alpha value is -2.24. The Kier molecular flexibility index (Phi) is 7.30. The first-order chi connectivity index (χ1) is 12.5. The predicted molar refractivity (Wildman–Crippen MR) is 101 cm³/mol. The van der Waals surface area contributed by atoms with Crippen LogP contribution >= 0.6 is 11.9 Å². The van der Waals surface area contributed by atoms with Gasteiger partial charge in [0.25, 0.3) is 5.23 Å². The Morgan fingerprint density at radius 3 is 2.35 bits per heavy atom. The zero-order valence-electron chi connectivity index (χ0n) is 15.4. The summed E-state index contributed by atoms with van der Waals surface area (Å²) in [6.07, 6.45) is 1.66. The van der Waals surface area contributed by atoms with Gasteiger partial charge in [-0.3, -0.25) is 4.79 Å². The molecule has 1 fully saturated rings. The molecule has 1 aliphatic rings. The lowest BCUT2D eigenvalue weighted by atomic mass is 9.95. The number of hydrogen-bond acceptors (Lipinski definition) is 8. The summed E-state index contributed by atoms with van der Waals surface area (Å²) in [7, 11) is 4.59. The number of rotatable bonds is 5. The molecule has 8 heteroatoms. The highest BCUT2D eigenvalue weighted by Crippen LogP contribution is 2.35. The first kappa shape index (κ1) is 20.1. The molecule has 0 N–H and O–H groups in total. The fourth-order valence-electron chi connectivity index (χ4n) is 2.72. The monoisotopic (exact) mass is 377 g/mol. The van der Waals surface area contributed by atoms with Crippen molar-refractivity contribution in [1.82, 2.24) is 4.31 Å². The second-order valence-electron chi connectivity index (χ2n) is 5.82. The minimum Gasteiger partial charge on any atom is -0.493 e. The molecule has 1 aromatic rings. The number of piperidine rings is 1. The van der Waals surface area contributed by atoms with Crippen LogP contribution in [0.5, 0.6) is 11.5 Å². The van der Waals surface area contributed by atoms with E-state index in [0.717, 1.165) is 25.9 Å². The number of nitriles is 1. The standard InChI is InChI=1S/C18H23N3O4S/c1-12(22)13-5-7-21(8-6-13)26-18(25-4)20-15-10-17(24-3)16(23-2)9-14(15)11-19/h9-10,13H,5-8H2,1-4H3. The van der Waals surface area contributed by atoms with Gasteiger partial charge in [-0.25, -0.2) is 9.30 Å². The highest BCUT2D eigenvalue weighted by atomic mass is 32.2. The molecule has 0 unspecified atom stereocenters. The number of nitrogens with zero attached hydrogens (tertiary/aromatic N) is 3. The van der Waals surface area contributed by atoms with Gasteiger partial charge < -0.3 is 14.2 Å². The number of ketones is 1. The molecule has 1 aliphatic heterocycles. The molecule has 7 nitrogen and oxygen atoms in total. The highest BCUT2D eigenvalue weighted by molar-refractivity contribution is 8.11. The number of ether oxygens (including phenoxy) is 3. The number of hydrogen-bond donors (Lipinski definition) is 0. The number of aliphatic imine (C=N–C) groups is 1. The Balaban J connectivity index is 2.18. The summed E-state index contributed by atoms with van der Waals surface area (Å²) < 4.78 is 18.0. The van der Waals surface area contributed by atoms with Crippen molar-refractivity contribution < 1.29 is 19.0 Å². The van der Waals surface area contributed by atoms with Gasteiger partial charge in [-0.05, 0) is 19.8 Å². The Bertz CT molecular complexity index is 722. The predicted octanol–water partition coefficient (Wildman–Crippen LogP) is 3.16. The van der Waals surface area contributed by atoms with Crippen LogP contribution in [0.15, 0.2) is 17.1 Å². The second-order valence-corrected chi connectivity index (χ2v) is 6.87. The van der Waals surface area contributed by atoms with Crippen molar-refractivity contribution >= 4 is 28.6 Å². The maximum Gasteiger partial charge on any atom is 0.266 e. The molecule has 26 heavy (non-hydrogen) atoms. The van der Waals surface area contributed by atoms with Gasteiger partial charge in [0.2, 0.25) is 0 Å². The Labute approximate surface area is 158 Å². The molecule has 0 saturated carbocycles. The van der Waals surface area contributed by atoms with E-state index in [1.165, 1.54) is 26.2 Å². The van der Waals surface area contributed by atoms with Crippen molar-refractivity contribution in [3.8, 4) is 17.6 Å². The molecule has 0 bridgehead atoms. The average molecular weight is 377 g/mol. The van der Waals surface area contributed by atoms with E-state index in [0.29, 0.717) is 28.0 Å². The van der Waals surface area contributed by atoms with E-state index in [2.05, 4.69) is 15.4 Å². The van der Waals surface area contributed by atoms with Gasteiger partial charge in [0.15, 0.2) is 11.5 Å². The highest BCUT2D eigenvalue weighted by Gasteiger charge is 2.24. The number of Topliss-reactive ketones (excluding diaryl/α,β-unsaturated/α-hetero) is 1. The summed E-state index contributed by atoms with van der Waals surface area (Å²) in [6.45, 7) is 3.22. The van der Waals surface area contributed by atoms with Gasteiger partial charge in [-0.1, -0.05) is 0 Å². The van der Waals surface area contributed by atoms with E-state index in [1.54, 1.807) is 26.2 Å². The second kappa shape index (κ2) is 9.46. The van der Waals surface area contributed by atoms with Crippen LogP contribution in [0.2, 0.25) is 0 Å². The van der Waals surface area contributed by atoms with Crippen LogP contribution < -0.4 is 9.47 Å². The lowest BCUT2D eigenvalue weighted by Gasteiger charge is -2.29. The summed E-state index contributed by atoms with van der Waals surface area (Å²) >= 11 is 1.39. The van der Waals surface area contributed by atoms with E-state index >= 15 is 0 Å². The molecular formula is C18H23N3O4S. The summed E-state index contributed by atoms with van der Waals surface area (Å²) in [5.74, 6) is 1.36. The van der Waals surface area contributed by atoms with Gasteiger partial charge in [0.1, 0.15) is 11.9 Å². The molecule has 0 amide bonds. The van der Waals surface area contributed by atoms with Crippen molar-refractivity contribution in [2.24, 2.45) is 10.9 Å². The van der Waals surface area contributed by atoms with E-state index in [9.17, 15) is 10.1 Å². The topological polar surface area (TPSA) is 84.2 Å². The zero-order chi connectivity index (χ0) is 19.1. The van der Waals surface area contributed by atoms with Crippen LogP contribution in [-0.2, 0) is 9.53 Å². The molecule has 0 aliphatic carbocycles. The van der Waals surface area contributed by atoms with E-state index < -0.39 is 0 Å². The third-order valence-electron chi connectivity index (χ3n) is 4.24. The van der Waals surface area contributed by atoms with Crippen LogP contribution in [0.4, 0.5) is 5.69 Å². The van der Waals surface area contributed by atoms with Crippen molar-refractivity contribution in [2.75, 3.05) is 34.4 Å². The minimum atomic E-state index is 0.144. The van der Waals surface area contributed by atoms with Crippen molar-refractivity contribution in [1.29, 1.82) is 5.26 Å². The molecule has 0 atom stereocenters. The maximum atomic E-state index is 11.5. The fraction of sp³-hybridized carbons (Fsp3) is 0.500. The van der Waals surface area contributed by atoms with E-state index in [-0.39, 0.29) is 11.7 Å². The molecule has 1 aromatic carbocycles. The molecule has 140 valence electrons. The van der Waals surface area contributed by atoms with E-state index in [4.69, 9.17) is 14.2 Å². The summed E-state index contributed by atoms with van der Waals surface area (Å²) in [5.41, 5.74) is 0.821. The number of carbonyl (C=O) groups is 1. The van der Waals surface area contributed by atoms with Crippen LogP contribution in [0.1, 0.15) is 25.3 Å². The van der Waals surface area contributed by atoms with Crippen LogP contribution in [0.25, 0.3) is 0 Å². The number of methoxy groups -OCH3 is 3. The van der Waals surface area contributed by atoms with Crippen molar-refractivity contribution in [2.45, 2.75) is 19.8 Å². The molecule has 0 aromatic heterocycles. The normalized spacial score (nSPS) is 16.0. The zero-order valence-corrected chi connectivity index (χ0v) is 16.3. The van der Waals surface area contributed by atoms with Crippen LogP contribution in [0.3, 0.4) is 0 Å². The first-order valence-electron chi connectivity index (χ1n) is 8.24. The Morgan fingerprint density at radius 1 is 1.23 bits per heavy atom. The molecule has 1 saturated heterocycles. The molecule has 0 spiro atoms. The summed E-state index contributed by atoms with van der Waals surface area (Å²) in [4.78, 5) is 16.0. The maximum absolute atomic E-state index is 11.5. The summed E-state index contributed by atoms with van der Waals surface area (Å²) in [5, 5.41) is 9.81. The first-order valence-corrected chi connectivity index (χ1v) is 9.01. The van der Waals surface area contributed by atoms with Crippen LogP contribution in [-0.4, -0.2) is 49.7 Å². The van der Waals surface area contributed by atoms with Crippen molar-refractivity contribution in [3.05, 3.63) is 17.7 Å². The SMILES string of the molecule is COC(=Nc1cc(OC)c(OC)cc1C#N)SN1CCC(C(C)=O)CC1. The van der Waals surface area contributed by atoms with Gasteiger partial charge in [-0.15, -0.1) is 0 Å². The fourth-order valence-corrected chi connectivity index (χ4v) is 3.54. The smallest absolute Gasteiger partial charge is 0.266 e. The van der Waals surface area contributed by atoms with Gasteiger partial charge in [-0.2, -0.15) is 5.26 Å². The van der Waals surface area contributed by atoms with Gasteiger partial charge in [0.05, 0.1) is 32.6 Å². The lowest BCUT2D eigenvalue weighted by Crippen LogP contribution is -2.32. The van der Waals surface area contributed by atoms with Gasteiger partial charge >= 0.3 is 0 Å². The number of carbonyl (C=O) groups excluding carboxylic acids is 1. The van der Waals surface area contributed by atoms with Crippen molar-refractivity contribution in [3.63, 3.8) is 0 Å². The average Bonchev–Trinajstić information content (AvgIpc) is 2.67. The molecule has 0 radical (unpaired) electrons. The quantitative estimate of drug-likeness (QED) is 0.443.